The molecule has 0 aliphatic carbocycles. The monoisotopic (exact) mass is 424 g/mol. The van der Waals surface area contributed by atoms with E-state index in [2.05, 4.69) is 55.5 Å². The summed E-state index contributed by atoms with van der Waals surface area (Å²) >= 11 is 6.64. The van der Waals surface area contributed by atoms with Crippen LogP contribution in [0.15, 0.2) is 32.0 Å². The quantitative estimate of drug-likeness (QED) is 0.809. The Balaban J connectivity index is 2.15. The van der Waals surface area contributed by atoms with Gasteiger partial charge in [0.15, 0.2) is 0 Å². The van der Waals surface area contributed by atoms with Gasteiger partial charge >= 0.3 is 0 Å². The average Bonchev–Trinajstić information content (AvgIpc) is 2.33. The Morgan fingerprint density at radius 1 is 1.35 bits per heavy atom. The highest BCUT2D eigenvalue weighted by atomic mass is 79.9. The van der Waals surface area contributed by atoms with E-state index < -0.39 is 10.0 Å². The second kappa shape index (κ2) is 6.44. The third-order valence-electron chi connectivity index (χ3n) is 3.71. The van der Waals surface area contributed by atoms with Crippen LogP contribution in [0.3, 0.4) is 0 Å². The minimum absolute atomic E-state index is 0.00162. The fourth-order valence-electron chi connectivity index (χ4n) is 2.37. The summed E-state index contributed by atoms with van der Waals surface area (Å²) in [6, 6.07) is 5.48. The molecule has 20 heavy (non-hydrogen) atoms. The highest BCUT2D eigenvalue weighted by molar-refractivity contribution is 9.11. The first-order valence-corrected chi connectivity index (χ1v) is 9.54. The fraction of sp³-hybridized carbons (Fsp3) is 0.538. The van der Waals surface area contributed by atoms with Crippen LogP contribution in [0.1, 0.15) is 19.8 Å². The van der Waals surface area contributed by atoms with Gasteiger partial charge in [-0.1, -0.05) is 15.9 Å². The minimum Gasteiger partial charge on any atom is -0.304 e. The van der Waals surface area contributed by atoms with Crippen LogP contribution in [0.5, 0.6) is 0 Å². The van der Waals surface area contributed by atoms with Crippen LogP contribution < -0.4 is 4.72 Å². The molecule has 2 unspecified atom stereocenters. The second-order valence-corrected chi connectivity index (χ2v) is 8.70. The van der Waals surface area contributed by atoms with Crippen molar-refractivity contribution in [1.82, 2.24) is 9.62 Å². The molecule has 2 atom stereocenters. The fourth-order valence-corrected chi connectivity index (χ4v) is 5.40. The lowest BCUT2D eigenvalue weighted by atomic mass is 10.0. The lowest BCUT2D eigenvalue weighted by Gasteiger charge is -2.35. The predicted octanol–water partition coefficient (Wildman–Crippen LogP) is 2.97. The Morgan fingerprint density at radius 2 is 2.05 bits per heavy atom. The zero-order valence-corrected chi connectivity index (χ0v) is 15.4. The molecule has 1 saturated heterocycles. The molecule has 1 aromatic rings. The summed E-state index contributed by atoms with van der Waals surface area (Å²) in [6.45, 7) is 3.03. The topological polar surface area (TPSA) is 49.4 Å². The molecular formula is C13H18Br2N2O2S. The molecule has 1 N–H and O–H groups in total. The number of sulfonamides is 1. The van der Waals surface area contributed by atoms with Gasteiger partial charge in [-0.25, -0.2) is 13.1 Å². The maximum absolute atomic E-state index is 12.5. The van der Waals surface area contributed by atoms with Gasteiger partial charge in [0.25, 0.3) is 0 Å². The van der Waals surface area contributed by atoms with Gasteiger partial charge < -0.3 is 4.90 Å². The summed E-state index contributed by atoms with van der Waals surface area (Å²) in [5.41, 5.74) is 0. The zero-order valence-electron chi connectivity index (χ0n) is 11.4. The van der Waals surface area contributed by atoms with Gasteiger partial charge in [0, 0.05) is 21.0 Å². The third kappa shape index (κ3) is 3.82. The SMILES string of the molecule is CC1CC(NS(=O)(=O)c2ccc(Br)cc2Br)CCN1C. The zero-order chi connectivity index (χ0) is 14.9. The van der Waals surface area contributed by atoms with E-state index in [4.69, 9.17) is 0 Å². The van der Waals surface area contributed by atoms with Crippen LogP contribution in [0.25, 0.3) is 0 Å². The summed E-state index contributed by atoms with van der Waals surface area (Å²) in [7, 11) is -1.41. The summed E-state index contributed by atoms with van der Waals surface area (Å²) in [5, 5.41) is 0. The molecule has 1 aromatic carbocycles. The van der Waals surface area contributed by atoms with Gasteiger partial charge in [-0.2, -0.15) is 0 Å². The van der Waals surface area contributed by atoms with Gasteiger partial charge in [-0.15, -0.1) is 0 Å². The molecule has 1 fully saturated rings. The summed E-state index contributed by atoms with van der Waals surface area (Å²) in [5.74, 6) is 0. The third-order valence-corrected chi connectivity index (χ3v) is 6.70. The van der Waals surface area contributed by atoms with Crippen LogP contribution in [-0.4, -0.2) is 39.0 Å². The van der Waals surface area contributed by atoms with Crippen molar-refractivity contribution in [3.63, 3.8) is 0 Å². The lowest BCUT2D eigenvalue weighted by molar-refractivity contribution is 0.178. The van der Waals surface area contributed by atoms with Gasteiger partial charge in [0.05, 0.1) is 4.90 Å². The first-order chi connectivity index (χ1) is 9.29. The van der Waals surface area contributed by atoms with Crippen LogP contribution in [-0.2, 0) is 10.0 Å². The Hall–Kier alpha value is 0.0500. The van der Waals surface area contributed by atoms with Gasteiger partial charge in [-0.3, -0.25) is 0 Å². The first-order valence-electron chi connectivity index (χ1n) is 6.47. The number of nitrogens with one attached hydrogen (secondary N) is 1. The highest BCUT2D eigenvalue weighted by Gasteiger charge is 2.27. The number of rotatable bonds is 3. The van der Waals surface area contributed by atoms with E-state index in [1.165, 1.54) is 0 Å². The minimum atomic E-state index is -3.48. The normalized spacial score (nSPS) is 24.8. The van der Waals surface area contributed by atoms with Crippen molar-refractivity contribution in [1.29, 1.82) is 0 Å². The standard InChI is InChI=1S/C13H18Br2N2O2S/c1-9-7-11(5-6-17(9)2)16-20(18,19)13-4-3-10(14)8-12(13)15/h3-4,8-9,11,16H,5-7H2,1-2H3. The van der Waals surface area contributed by atoms with Crippen molar-refractivity contribution >= 4 is 41.9 Å². The summed E-state index contributed by atoms with van der Waals surface area (Å²) < 4.78 is 29.1. The smallest absolute Gasteiger partial charge is 0.241 e. The molecule has 112 valence electrons. The maximum atomic E-state index is 12.5. The van der Waals surface area contributed by atoms with Crippen molar-refractivity contribution in [3.8, 4) is 0 Å². The molecule has 1 aliphatic rings. The number of nitrogens with zero attached hydrogens (tertiary/aromatic N) is 1. The molecule has 7 heteroatoms. The van der Waals surface area contributed by atoms with Crippen molar-refractivity contribution in [3.05, 3.63) is 27.1 Å². The number of likely N-dealkylation sites (tertiary alicyclic amines) is 1. The van der Waals surface area contributed by atoms with Crippen LogP contribution in [0.4, 0.5) is 0 Å². The van der Waals surface area contributed by atoms with Crippen LogP contribution in [0, 0.1) is 0 Å². The Morgan fingerprint density at radius 3 is 2.65 bits per heavy atom. The highest BCUT2D eigenvalue weighted by Crippen LogP contribution is 2.26. The maximum Gasteiger partial charge on any atom is 0.241 e. The van der Waals surface area contributed by atoms with Crippen LogP contribution in [0.2, 0.25) is 0 Å². The van der Waals surface area contributed by atoms with Crippen molar-refractivity contribution in [2.75, 3.05) is 13.6 Å². The number of piperidine rings is 1. The molecule has 1 heterocycles. The largest absolute Gasteiger partial charge is 0.304 e. The predicted molar refractivity (Wildman–Crippen MR) is 87.3 cm³/mol. The molecule has 1 aliphatic heterocycles. The molecule has 4 nitrogen and oxygen atoms in total. The average molecular weight is 426 g/mol. The summed E-state index contributed by atoms with van der Waals surface area (Å²) in [6.07, 6.45) is 1.68. The van der Waals surface area contributed by atoms with Gasteiger partial charge in [-0.05, 0) is 67.5 Å². The number of hydrogen-bond acceptors (Lipinski definition) is 3. The Bertz CT molecular complexity index is 592. The molecule has 0 amide bonds. The molecule has 0 bridgehead atoms. The van der Waals surface area contributed by atoms with E-state index in [1.54, 1.807) is 18.2 Å². The van der Waals surface area contributed by atoms with E-state index in [0.717, 1.165) is 23.9 Å². The molecular weight excluding hydrogens is 408 g/mol. The molecule has 2 rings (SSSR count). The molecule has 0 saturated carbocycles. The second-order valence-electron chi connectivity index (χ2n) is 5.25. The molecule has 0 aromatic heterocycles. The van der Waals surface area contributed by atoms with Crippen molar-refractivity contribution < 1.29 is 8.42 Å². The van der Waals surface area contributed by atoms with Crippen LogP contribution >= 0.6 is 31.9 Å². The van der Waals surface area contributed by atoms with Crippen molar-refractivity contribution in [2.24, 2.45) is 0 Å². The van der Waals surface area contributed by atoms with Crippen molar-refractivity contribution in [2.45, 2.75) is 36.7 Å². The lowest BCUT2D eigenvalue weighted by Crippen LogP contribution is -2.47. The van der Waals surface area contributed by atoms with E-state index >= 15 is 0 Å². The number of benzene rings is 1. The number of hydrogen-bond donors (Lipinski definition) is 1. The number of halogens is 2. The molecule has 0 spiro atoms. The van der Waals surface area contributed by atoms with E-state index in [-0.39, 0.29) is 10.9 Å². The van der Waals surface area contributed by atoms with E-state index in [1.807, 2.05) is 0 Å². The van der Waals surface area contributed by atoms with Gasteiger partial charge in [0.2, 0.25) is 10.0 Å². The van der Waals surface area contributed by atoms with E-state index in [0.29, 0.717) is 10.5 Å². The van der Waals surface area contributed by atoms with E-state index in [9.17, 15) is 8.42 Å². The first kappa shape index (κ1) is 16.4. The molecule has 0 radical (unpaired) electrons. The Labute approximate surface area is 137 Å². The Kier molecular flexibility index (Phi) is 5.29. The summed E-state index contributed by atoms with van der Waals surface area (Å²) in [4.78, 5) is 2.53. The van der Waals surface area contributed by atoms with Gasteiger partial charge in [0.1, 0.15) is 0 Å².